The molecule has 8 heteroatoms. The fourth-order valence-electron chi connectivity index (χ4n) is 2.54. The number of anilines is 2. The largest absolute Gasteiger partial charge is 0.482 e. The van der Waals surface area contributed by atoms with Gasteiger partial charge in [-0.25, -0.2) is 9.97 Å². The molecule has 0 unspecified atom stereocenters. The third-order valence-corrected chi connectivity index (χ3v) is 3.67. The van der Waals surface area contributed by atoms with Gasteiger partial charge < -0.3 is 20.2 Å². The number of nitrogens with zero attached hydrogens (tertiary/aromatic N) is 4. The Morgan fingerprint density at radius 3 is 2.92 bits per heavy atom. The van der Waals surface area contributed by atoms with Crippen molar-refractivity contribution in [3.05, 3.63) is 42.5 Å². The molecule has 3 aromatic heterocycles. The van der Waals surface area contributed by atoms with Crippen molar-refractivity contribution in [1.29, 1.82) is 0 Å². The maximum atomic E-state index is 5.87. The first-order valence-corrected chi connectivity index (χ1v) is 8.10. The summed E-state index contributed by atoms with van der Waals surface area (Å²) in [5.74, 6) is 1.41. The Hall–Kier alpha value is -2.48. The zero-order chi connectivity index (χ0) is 16.9. The van der Waals surface area contributed by atoms with Crippen LogP contribution in [-0.2, 0) is 6.61 Å². The van der Waals surface area contributed by atoms with Crippen molar-refractivity contribution in [2.45, 2.75) is 39.3 Å². The van der Waals surface area contributed by atoms with Gasteiger partial charge in [-0.1, -0.05) is 19.4 Å². The molecule has 25 heavy (non-hydrogen) atoms. The van der Waals surface area contributed by atoms with Gasteiger partial charge in [-0.2, -0.15) is 18.5 Å². The van der Waals surface area contributed by atoms with Gasteiger partial charge in [-0.05, 0) is 25.5 Å². The Labute approximate surface area is 154 Å². The fraction of sp³-hybridized carbons (Fsp3) is 0.353. The van der Waals surface area contributed by atoms with Crippen LogP contribution >= 0.6 is 13.5 Å². The number of ether oxygens (including phenoxy) is 1. The molecule has 0 spiro atoms. The van der Waals surface area contributed by atoms with E-state index in [1.165, 1.54) is 0 Å². The molecule has 0 saturated heterocycles. The van der Waals surface area contributed by atoms with Gasteiger partial charge in [0.25, 0.3) is 0 Å². The summed E-state index contributed by atoms with van der Waals surface area (Å²) in [5, 5.41) is 3.33. The van der Waals surface area contributed by atoms with Gasteiger partial charge in [0.15, 0.2) is 11.6 Å². The number of rotatable bonds is 7. The molecule has 0 fully saturated rings. The van der Waals surface area contributed by atoms with Crippen LogP contribution in [0.25, 0.3) is 5.65 Å². The molecule has 0 bridgehead atoms. The van der Waals surface area contributed by atoms with E-state index < -0.39 is 0 Å². The minimum absolute atomic E-state index is 0. The lowest BCUT2D eigenvalue weighted by Crippen LogP contribution is -2.17. The molecule has 134 valence electrons. The van der Waals surface area contributed by atoms with Crippen LogP contribution in [0, 0.1) is 0 Å². The third kappa shape index (κ3) is 4.76. The topological polar surface area (TPSA) is 90.4 Å². The van der Waals surface area contributed by atoms with E-state index in [-0.39, 0.29) is 25.5 Å². The van der Waals surface area contributed by atoms with Gasteiger partial charge in [0.05, 0.1) is 11.9 Å². The lowest BCUT2D eigenvalue weighted by atomic mass is 10.2. The zero-order valence-electron chi connectivity index (χ0n) is 14.4. The van der Waals surface area contributed by atoms with E-state index in [0.717, 1.165) is 24.2 Å². The van der Waals surface area contributed by atoms with Gasteiger partial charge in [-0.15, -0.1) is 0 Å². The van der Waals surface area contributed by atoms with E-state index in [0.29, 0.717) is 18.2 Å². The van der Waals surface area contributed by atoms with Crippen LogP contribution in [0.3, 0.4) is 0 Å². The summed E-state index contributed by atoms with van der Waals surface area (Å²) in [6.07, 6.45) is 7.62. The average Bonchev–Trinajstić information content (AvgIpc) is 2.97. The van der Waals surface area contributed by atoms with Crippen molar-refractivity contribution in [2.24, 2.45) is 0 Å². The highest BCUT2D eigenvalue weighted by Crippen LogP contribution is 2.24. The maximum absolute atomic E-state index is 5.87. The normalized spacial score (nSPS) is 11.8. The fourth-order valence-corrected chi connectivity index (χ4v) is 2.54. The number of fused-ring (bicyclic) bond motifs is 1. The number of nitrogen functional groups attached to an aromatic ring is 1. The first-order valence-electron chi connectivity index (χ1n) is 8.10. The van der Waals surface area contributed by atoms with Crippen LogP contribution in [0.5, 0.6) is 5.75 Å². The molecule has 0 radical (unpaired) electrons. The molecule has 0 saturated carbocycles. The highest BCUT2D eigenvalue weighted by atomic mass is 32.1. The quantitative estimate of drug-likeness (QED) is 0.673. The summed E-state index contributed by atoms with van der Waals surface area (Å²) in [4.78, 5) is 12.8. The minimum Gasteiger partial charge on any atom is -0.482 e. The third-order valence-electron chi connectivity index (χ3n) is 3.67. The van der Waals surface area contributed by atoms with Crippen molar-refractivity contribution in [3.8, 4) is 5.75 Å². The van der Waals surface area contributed by atoms with Crippen molar-refractivity contribution >= 4 is 30.9 Å². The Morgan fingerprint density at radius 2 is 2.16 bits per heavy atom. The van der Waals surface area contributed by atoms with Gasteiger partial charge in [-0.3, -0.25) is 0 Å². The predicted molar refractivity (Wildman–Crippen MR) is 104 cm³/mol. The number of nitrogens with one attached hydrogen (secondary N) is 1. The molecule has 0 aliphatic heterocycles. The number of hydrogen-bond donors (Lipinski definition) is 2. The molecule has 0 aliphatic carbocycles. The predicted octanol–water partition coefficient (Wildman–Crippen LogP) is 3.00. The minimum atomic E-state index is 0. The first-order chi connectivity index (χ1) is 11.7. The Kier molecular flexibility index (Phi) is 6.46. The maximum Gasteiger partial charge on any atom is 0.222 e. The first kappa shape index (κ1) is 18.9. The summed E-state index contributed by atoms with van der Waals surface area (Å²) < 4.78 is 7.83. The zero-order valence-corrected chi connectivity index (χ0v) is 15.4. The van der Waals surface area contributed by atoms with Crippen LogP contribution in [0.1, 0.15) is 32.4 Å². The van der Waals surface area contributed by atoms with Crippen molar-refractivity contribution in [2.75, 3.05) is 11.1 Å². The molecule has 0 aliphatic rings. The van der Waals surface area contributed by atoms with Crippen molar-refractivity contribution in [1.82, 2.24) is 19.4 Å². The summed E-state index contributed by atoms with van der Waals surface area (Å²) in [5.41, 5.74) is 7.43. The van der Waals surface area contributed by atoms with Crippen LogP contribution in [0.2, 0.25) is 0 Å². The Bertz CT molecular complexity index is 789. The molecule has 0 amide bonds. The molecular formula is C17H24N6OS. The van der Waals surface area contributed by atoms with Gasteiger partial charge in [0, 0.05) is 18.4 Å². The second kappa shape index (κ2) is 8.57. The average molecular weight is 360 g/mol. The van der Waals surface area contributed by atoms with Gasteiger partial charge in [0.2, 0.25) is 5.95 Å². The van der Waals surface area contributed by atoms with E-state index in [1.54, 1.807) is 6.20 Å². The number of pyridine rings is 1. The Morgan fingerprint density at radius 1 is 1.32 bits per heavy atom. The molecule has 0 aromatic carbocycles. The molecule has 1 atom stereocenters. The van der Waals surface area contributed by atoms with E-state index in [2.05, 4.69) is 34.1 Å². The Balaban J connectivity index is 0.00000225. The van der Waals surface area contributed by atoms with Crippen LogP contribution in [0.4, 0.5) is 11.8 Å². The summed E-state index contributed by atoms with van der Waals surface area (Å²) >= 11 is 0. The van der Waals surface area contributed by atoms with Crippen LogP contribution < -0.4 is 15.8 Å². The summed E-state index contributed by atoms with van der Waals surface area (Å²) in [6, 6.07) is 6.15. The van der Waals surface area contributed by atoms with E-state index in [1.807, 2.05) is 35.0 Å². The SMILES string of the molecule is CCC[C@H](C)Nc1nc(N)ncc1OCc1cn2ccccc2n1.S. The van der Waals surface area contributed by atoms with E-state index in [4.69, 9.17) is 10.5 Å². The van der Waals surface area contributed by atoms with E-state index >= 15 is 0 Å². The molecular weight excluding hydrogens is 336 g/mol. The standard InChI is InChI=1S/C17H22N6O.H2S/c1-3-6-12(2)20-16-14(9-19-17(18)22-16)24-11-13-10-23-8-5-4-7-15(23)21-13;/h4-5,7-10,12H,3,6,11H2,1-2H3,(H3,18,19,20,22);1H2/t12-;/m0./s1. The molecule has 3 N–H and O–H groups in total. The van der Waals surface area contributed by atoms with Crippen LogP contribution in [-0.4, -0.2) is 25.4 Å². The number of aromatic nitrogens is 4. The summed E-state index contributed by atoms with van der Waals surface area (Å²) in [6.45, 7) is 4.59. The molecule has 3 rings (SSSR count). The van der Waals surface area contributed by atoms with Crippen molar-refractivity contribution < 1.29 is 4.74 Å². The highest BCUT2D eigenvalue weighted by molar-refractivity contribution is 7.59. The molecule has 7 nitrogen and oxygen atoms in total. The second-order valence-corrected chi connectivity index (χ2v) is 5.76. The monoisotopic (exact) mass is 360 g/mol. The highest BCUT2D eigenvalue weighted by Gasteiger charge is 2.11. The van der Waals surface area contributed by atoms with Gasteiger partial charge >= 0.3 is 0 Å². The molecule has 3 aromatic rings. The lowest BCUT2D eigenvalue weighted by molar-refractivity contribution is 0.301. The van der Waals surface area contributed by atoms with Crippen molar-refractivity contribution in [3.63, 3.8) is 0 Å². The lowest BCUT2D eigenvalue weighted by Gasteiger charge is -2.16. The van der Waals surface area contributed by atoms with E-state index in [9.17, 15) is 0 Å². The number of hydrogen-bond acceptors (Lipinski definition) is 6. The summed E-state index contributed by atoms with van der Waals surface area (Å²) in [7, 11) is 0. The molecule has 3 heterocycles. The second-order valence-electron chi connectivity index (χ2n) is 5.76. The smallest absolute Gasteiger partial charge is 0.222 e. The number of imidazole rings is 1. The van der Waals surface area contributed by atoms with Gasteiger partial charge in [0.1, 0.15) is 12.3 Å². The van der Waals surface area contributed by atoms with Crippen LogP contribution in [0.15, 0.2) is 36.8 Å². The number of nitrogens with two attached hydrogens (primary N) is 1.